The Morgan fingerprint density at radius 3 is 2.18 bits per heavy atom. The number of carbonyl (C=O) groups excluding carboxylic acids is 2. The van der Waals surface area contributed by atoms with Crippen LogP contribution in [0.25, 0.3) is 0 Å². The van der Waals surface area contributed by atoms with Crippen molar-refractivity contribution in [2.24, 2.45) is 0 Å². The maximum absolute atomic E-state index is 12.8. The fourth-order valence-electron chi connectivity index (χ4n) is 5.76. The van der Waals surface area contributed by atoms with E-state index in [-0.39, 0.29) is 18.2 Å². The van der Waals surface area contributed by atoms with Crippen LogP contribution < -0.4 is 10.6 Å². The predicted molar refractivity (Wildman–Crippen MR) is 141 cm³/mol. The zero-order valence-electron chi connectivity index (χ0n) is 21.9. The molecule has 210 valence electrons. The highest BCUT2D eigenvalue weighted by Crippen LogP contribution is 2.35. The number of likely N-dealkylation sites (tertiary alicyclic amines) is 1. The molecule has 1 spiro atoms. The van der Waals surface area contributed by atoms with Gasteiger partial charge in [-0.15, -0.1) is 0 Å². The number of hydrogen-bond donors (Lipinski definition) is 2. The fourth-order valence-corrected chi connectivity index (χ4v) is 5.76. The van der Waals surface area contributed by atoms with Crippen molar-refractivity contribution in [2.45, 2.75) is 75.9 Å². The van der Waals surface area contributed by atoms with Gasteiger partial charge in [0, 0.05) is 50.7 Å². The number of halogens is 3. The van der Waals surface area contributed by atoms with Crippen LogP contribution >= 0.6 is 0 Å². The van der Waals surface area contributed by atoms with Crippen molar-refractivity contribution in [3.05, 3.63) is 65.2 Å². The van der Waals surface area contributed by atoms with Gasteiger partial charge in [-0.1, -0.05) is 43.5 Å². The number of nitrogens with zero attached hydrogens (tertiary/aromatic N) is 2. The molecule has 3 aliphatic rings. The molecule has 10 heteroatoms. The van der Waals surface area contributed by atoms with E-state index in [0.29, 0.717) is 51.3 Å². The topological polar surface area (TPSA) is 73.9 Å². The Kier molecular flexibility index (Phi) is 8.02. The minimum atomic E-state index is -4.34. The third kappa shape index (κ3) is 7.03. The predicted octanol–water partition coefficient (Wildman–Crippen LogP) is 6.15. The van der Waals surface area contributed by atoms with Crippen LogP contribution in [0, 0.1) is 0 Å². The summed E-state index contributed by atoms with van der Waals surface area (Å²) in [6, 6.07) is 12.8. The van der Waals surface area contributed by atoms with Crippen LogP contribution in [0.3, 0.4) is 0 Å². The van der Waals surface area contributed by atoms with E-state index in [1.165, 1.54) is 18.6 Å². The average Bonchev–Trinajstić information content (AvgIpc) is 3.21. The molecule has 3 fully saturated rings. The summed E-state index contributed by atoms with van der Waals surface area (Å²) in [5, 5.41) is 5.93. The molecule has 2 aromatic rings. The van der Waals surface area contributed by atoms with E-state index in [1.54, 1.807) is 4.90 Å². The van der Waals surface area contributed by atoms with Crippen molar-refractivity contribution >= 4 is 17.8 Å². The second-order valence-corrected chi connectivity index (χ2v) is 11.0. The Labute approximate surface area is 226 Å². The van der Waals surface area contributed by atoms with Gasteiger partial charge in [0.05, 0.1) is 12.1 Å². The summed E-state index contributed by atoms with van der Waals surface area (Å²) in [6.07, 6.45) is 2.27. The first-order chi connectivity index (χ1) is 18.7. The summed E-state index contributed by atoms with van der Waals surface area (Å²) < 4.78 is 44.3. The summed E-state index contributed by atoms with van der Waals surface area (Å²) in [5.41, 5.74) is 1.29. The number of carbonyl (C=O) groups is 2. The van der Waals surface area contributed by atoms with Crippen molar-refractivity contribution in [1.82, 2.24) is 15.1 Å². The number of rotatable bonds is 6. The van der Waals surface area contributed by atoms with Gasteiger partial charge in [-0.05, 0) is 48.2 Å². The Hall–Kier alpha value is -3.27. The number of alkyl halides is 3. The fraction of sp³-hybridized carbons (Fsp3) is 0.517. The largest absolute Gasteiger partial charge is 0.441 e. The highest BCUT2D eigenvalue weighted by molar-refractivity contribution is 5.89. The molecule has 0 aromatic heterocycles. The summed E-state index contributed by atoms with van der Waals surface area (Å²) in [6.45, 7) is 2.88. The number of urea groups is 1. The van der Waals surface area contributed by atoms with Gasteiger partial charge in [0.15, 0.2) is 0 Å². The quantitative estimate of drug-likeness (QED) is 0.458. The van der Waals surface area contributed by atoms with Gasteiger partial charge in [-0.3, -0.25) is 9.80 Å². The van der Waals surface area contributed by atoms with Gasteiger partial charge in [0.25, 0.3) is 0 Å². The monoisotopic (exact) mass is 544 g/mol. The van der Waals surface area contributed by atoms with Crippen molar-refractivity contribution in [2.75, 3.05) is 25.0 Å². The van der Waals surface area contributed by atoms with Gasteiger partial charge >= 0.3 is 18.3 Å². The van der Waals surface area contributed by atoms with Crippen LogP contribution in [0.1, 0.15) is 61.6 Å². The number of piperidine rings is 1. The van der Waals surface area contributed by atoms with Crippen molar-refractivity contribution < 1.29 is 27.5 Å². The molecule has 0 unspecified atom stereocenters. The lowest BCUT2D eigenvalue weighted by Gasteiger charge is -2.37. The first kappa shape index (κ1) is 27.3. The van der Waals surface area contributed by atoms with E-state index in [2.05, 4.69) is 15.5 Å². The van der Waals surface area contributed by atoms with Crippen molar-refractivity contribution in [1.29, 1.82) is 0 Å². The third-order valence-electron chi connectivity index (χ3n) is 8.02. The van der Waals surface area contributed by atoms with E-state index in [0.717, 1.165) is 48.9 Å². The molecular formula is C29H35F3N4O3. The first-order valence-corrected chi connectivity index (χ1v) is 13.7. The van der Waals surface area contributed by atoms with Crippen molar-refractivity contribution in [3.8, 4) is 0 Å². The smallest absolute Gasteiger partial charge is 0.416 e. The number of amides is 3. The van der Waals surface area contributed by atoms with Crippen LogP contribution in [0.5, 0.6) is 0 Å². The van der Waals surface area contributed by atoms with Gasteiger partial charge in [-0.2, -0.15) is 13.2 Å². The third-order valence-corrected chi connectivity index (χ3v) is 8.02. The van der Waals surface area contributed by atoms with E-state index < -0.39 is 17.3 Å². The lowest BCUT2D eigenvalue weighted by molar-refractivity contribution is -0.137. The van der Waals surface area contributed by atoms with E-state index in [4.69, 9.17) is 4.74 Å². The minimum Gasteiger partial charge on any atom is -0.441 e. The zero-order chi connectivity index (χ0) is 27.5. The summed E-state index contributed by atoms with van der Waals surface area (Å²) in [7, 11) is 0. The molecule has 0 atom stereocenters. The van der Waals surface area contributed by atoms with Crippen LogP contribution in [0.4, 0.5) is 28.4 Å². The molecule has 2 heterocycles. The molecule has 2 aliphatic heterocycles. The SMILES string of the molecule is O=C(Nc1ccc(CN2CC3(CCN(Cc4ccc(C(F)(F)F)cc4)CC3)OC2=O)cc1)NC1CCCCC1. The summed E-state index contributed by atoms with van der Waals surface area (Å²) in [4.78, 5) is 28.9. The van der Waals surface area contributed by atoms with E-state index in [1.807, 2.05) is 24.3 Å². The molecule has 3 amide bonds. The van der Waals surface area contributed by atoms with E-state index >= 15 is 0 Å². The Morgan fingerprint density at radius 2 is 1.54 bits per heavy atom. The lowest BCUT2D eigenvalue weighted by Crippen LogP contribution is -2.46. The van der Waals surface area contributed by atoms with Crippen LogP contribution in [-0.2, 0) is 24.0 Å². The number of anilines is 1. The average molecular weight is 545 g/mol. The Bertz CT molecular complexity index is 1140. The molecule has 0 radical (unpaired) electrons. The maximum Gasteiger partial charge on any atom is 0.416 e. The van der Waals surface area contributed by atoms with Gasteiger partial charge < -0.3 is 15.4 Å². The Balaban J connectivity index is 1.08. The molecule has 2 N–H and O–H groups in total. The van der Waals surface area contributed by atoms with Gasteiger partial charge in [0.1, 0.15) is 5.60 Å². The van der Waals surface area contributed by atoms with Gasteiger partial charge in [-0.25, -0.2) is 9.59 Å². The molecule has 1 saturated carbocycles. The van der Waals surface area contributed by atoms with Crippen LogP contribution in [0.2, 0.25) is 0 Å². The molecule has 7 nitrogen and oxygen atoms in total. The number of nitrogens with one attached hydrogen (secondary N) is 2. The zero-order valence-corrected chi connectivity index (χ0v) is 21.9. The molecular weight excluding hydrogens is 509 g/mol. The normalized spacial score (nSPS) is 20.2. The summed E-state index contributed by atoms with van der Waals surface area (Å²) in [5.74, 6) is 0. The second kappa shape index (κ2) is 11.5. The standard InChI is InChI=1S/C29H35F3N4O3/c30-29(31,32)23-10-6-21(7-11-23)18-35-16-14-28(15-17-35)20-36(27(38)39-28)19-22-8-12-25(13-9-22)34-26(37)33-24-4-2-1-3-5-24/h6-13,24H,1-5,14-20H2,(H2,33,34,37). The van der Waals surface area contributed by atoms with Crippen LogP contribution in [0.15, 0.2) is 48.5 Å². The summed E-state index contributed by atoms with van der Waals surface area (Å²) >= 11 is 0. The maximum atomic E-state index is 12.8. The number of ether oxygens (including phenoxy) is 1. The minimum absolute atomic E-state index is 0.190. The lowest BCUT2D eigenvalue weighted by atomic mass is 9.91. The molecule has 2 aromatic carbocycles. The van der Waals surface area contributed by atoms with Crippen LogP contribution in [-0.4, -0.2) is 53.2 Å². The first-order valence-electron chi connectivity index (χ1n) is 13.7. The molecule has 0 bridgehead atoms. The molecule has 39 heavy (non-hydrogen) atoms. The molecule has 5 rings (SSSR count). The molecule has 1 aliphatic carbocycles. The molecule has 2 saturated heterocycles. The second-order valence-electron chi connectivity index (χ2n) is 11.0. The highest BCUT2D eigenvalue weighted by Gasteiger charge is 2.46. The van der Waals surface area contributed by atoms with Crippen molar-refractivity contribution in [3.63, 3.8) is 0 Å². The van der Waals surface area contributed by atoms with E-state index in [9.17, 15) is 22.8 Å². The highest BCUT2D eigenvalue weighted by atomic mass is 19.4. The number of benzene rings is 2. The van der Waals surface area contributed by atoms with Gasteiger partial charge in [0.2, 0.25) is 0 Å². The Morgan fingerprint density at radius 1 is 0.923 bits per heavy atom. The number of hydrogen-bond acceptors (Lipinski definition) is 4.